The zero-order valence-corrected chi connectivity index (χ0v) is 9.45. The van der Waals surface area contributed by atoms with Gasteiger partial charge in [0.2, 0.25) is 0 Å². The Morgan fingerprint density at radius 3 is 2.75 bits per heavy atom. The van der Waals surface area contributed by atoms with Gasteiger partial charge in [0.15, 0.2) is 0 Å². The first kappa shape index (κ1) is 10.9. The van der Waals surface area contributed by atoms with Crippen LogP contribution in [0.15, 0.2) is 18.3 Å². The summed E-state index contributed by atoms with van der Waals surface area (Å²) in [5.74, 6) is 0.939. The SMILES string of the molecule is N#CCc1ccc(NC2CCCCC2)nc1. The second-order valence-corrected chi connectivity index (χ2v) is 4.37. The van der Waals surface area contributed by atoms with Gasteiger partial charge in [-0.25, -0.2) is 4.98 Å². The van der Waals surface area contributed by atoms with Crippen LogP contribution in [0.2, 0.25) is 0 Å². The van der Waals surface area contributed by atoms with Gasteiger partial charge in [0.25, 0.3) is 0 Å². The lowest BCUT2D eigenvalue weighted by Gasteiger charge is -2.23. The van der Waals surface area contributed by atoms with Gasteiger partial charge in [-0.3, -0.25) is 0 Å². The fraction of sp³-hybridized carbons (Fsp3) is 0.538. The van der Waals surface area contributed by atoms with E-state index < -0.39 is 0 Å². The summed E-state index contributed by atoms with van der Waals surface area (Å²) in [6, 6.07) is 6.66. The molecular formula is C13H17N3. The summed E-state index contributed by atoms with van der Waals surface area (Å²) >= 11 is 0. The second kappa shape index (κ2) is 5.50. The summed E-state index contributed by atoms with van der Waals surface area (Å²) in [6.07, 6.45) is 8.75. The van der Waals surface area contributed by atoms with Crippen LogP contribution in [0.5, 0.6) is 0 Å². The van der Waals surface area contributed by atoms with Gasteiger partial charge in [-0.1, -0.05) is 25.3 Å². The number of hydrogen-bond donors (Lipinski definition) is 1. The summed E-state index contributed by atoms with van der Waals surface area (Å²) in [5, 5.41) is 12.0. The van der Waals surface area contributed by atoms with Crippen molar-refractivity contribution >= 4 is 5.82 Å². The van der Waals surface area contributed by atoms with Crippen molar-refractivity contribution in [2.45, 2.75) is 44.6 Å². The van der Waals surface area contributed by atoms with Crippen LogP contribution in [-0.2, 0) is 6.42 Å². The van der Waals surface area contributed by atoms with Crippen molar-refractivity contribution in [1.82, 2.24) is 4.98 Å². The molecule has 0 aromatic carbocycles. The zero-order chi connectivity index (χ0) is 11.2. The van der Waals surface area contributed by atoms with Gasteiger partial charge in [0, 0.05) is 12.2 Å². The number of hydrogen-bond acceptors (Lipinski definition) is 3. The summed E-state index contributed by atoms with van der Waals surface area (Å²) in [6.45, 7) is 0. The minimum atomic E-state index is 0.441. The number of nitrogens with zero attached hydrogens (tertiary/aromatic N) is 2. The predicted molar refractivity (Wildman–Crippen MR) is 64.0 cm³/mol. The summed E-state index contributed by atoms with van der Waals surface area (Å²) < 4.78 is 0. The van der Waals surface area contributed by atoms with Crippen LogP contribution in [0.4, 0.5) is 5.82 Å². The first-order chi connectivity index (χ1) is 7.88. The maximum atomic E-state index is 8.56. The van der Waals surface area contributed by atoms with Crippen LogP contribution in [0, 0.1) is 11.3 Å². The highest BCUT2D eigenvalue weighted by atomic mass is 15.0. The van der Waals surface area contributed by atoms with Crippen molar-refractivity contribution in [2.75, 3.05) is 5.32 Å². The van der Waals surface area contributed by atoms with Crippen molar-refractivity contribution in [3.8, 4) is 6.07 Å². The average Bonchev–Trinajstić information content (AvgIpc) is 2.33. The second-order valence-electron chi connectivity index (χ2n) is 4.37. The number of nitrogens with one attached hydrogen (secondary N) is 1. The quantitative estimate of drug-likeness (QED) is 0.843. The van der Waals surface area contributed by atoms with Gasteiger partial charge in [0.05, 0.1) is 12.5 Å². The first-order valence-electron chi connectivity index (χ1n) is 5.97. The molecule has 0 bridgehead atoms. The van der Waals surface area contributed by atoms with Gasteiger partial charge in [-0.05, 0) is 24.5 Å². The fourth-order valence-electron chi connectivity index (χ4n) is 2.16. The lowest BCUT2D eigenvalue weighted by molar-refractivity contribution is 0.462. The summed E-state index contributed by atoms with van der Waals surface area (Å²) in [5.41, 5.74) is 0.983. The molecule has 0 aliphatic heterocycles. The monoisotopic (exact) mass is 215 g/mol. The smallest absolute Gasteiger partial charge is 0.126 e. The third kappa shape index (κ3) is 2.96. The molecule has 1 fully saturated rings. The lowest BCUT2D eigenvalue weighted by Crippen LogP contribution is -2.22. The van der Waals surface area contributed by atoms with Gasteiger partial charge in [0.1, 0.15) is 5.82 Å². The van der Waals surface area contributed by atoms with Crippen LogP contribution in [0.3, 0.4) is 0 Å². The largest absolute Gasteiger partial charge is 0.367 e. The van der Waals surface area contributed by atoms with E-state index in [1.54, 1.807) is 6.20 Å². The molecule has 0 amide bonds. The molecule has 0 spiro atoms. The Bertz CT molecular complexity index is 358. The molecule has 16 heavy (non-hydrogen) atoms. The molecule has 1 aliphatic carbocycles. The van der Waals surface area contributed by atoms with Gasteiger partial charge < -0.3 is 5.32 Å². The van der Waals surface area contributed by atoms with Gasteiger partial charge >= 0.3 is 0 Å². The normalized spacial score (nSPS) is 16.7. The molecule has 0 radical (unpaired) electrons. The van der Waals surface area contributed by atoms with Crippen LogP contribution in [-0.4, -0.2) is 11.0 Å². The Hall–Kier alpha value is -1.56. The topological polar surface area (TPSA) is 48.7 Å². The third-order valence-electron chi connectivity index (χ3n) is 3.07. The maximum Gasteiger partial charge on any atom is 0.126 e. The highest BCUT2D eigenvalue weighted by Crippen LogP contribution is 2.20. The third-order valence-corrected chi connectivity index (χ3v) is 3.07. The Morgan fingerprint density at radius 2 is 2.12 bits per heavy atom. The molecule has 84 valence electrons. The molecule has 1 saturated carbocycles. The minimum absolute atomic E-state index is 0.441. The Kier molecular flexibility index (Phi) is 3.76. The number of anilines is 1. The maximum absolute atomic E-state index is 8.56. The lowest BCUT2D eigenvalue weighted by atomic mass is 9.95. The zero-order valence-electron chi connectivity index (χ0n) is 9.45. The molecule has 3 nitrogen and oxygen atoms in total. The molecule has 0 saturated heterocycles. The van der Waals surface area contributed by atoms with E-state index in [0.717, 1.165) is 11.4 Å². The van der Waals surface area contributed by atoms with Crippen molar-refractivity contribution in [3.63, 3.8) is 0 Å². The van der Waals surface area contributed by atoms with E-state index in [1.165, 1.54) is 32.1 Å². The molecule has 0 unspecified atom stereocenters. The Morgan fingerprint density at radius 1 is 1.31 bits per heavy atom. The molecule has 1 N–H and O–H groups in total. The van der Waals surface area contributed by atoms with Crippen LogP contribution in [0.1, 0.15) is 37.7 Å². The molecule has 1 aliphatic rings. The first-order valence-corrected chi connectivity index (χ1v) is 5.97. The molecule has 3 heteroatoms. The number of pyridine rings is 1. The van der Waals surface area contributed by atoms with E-state index in [2.05, 4.69) is 16.4 Å². The fourth-order valence-corrected chi connectivity index (χ4v) is 2.16. The summed E-state index contributed by atoms with van der Waals surface area (Å²) in [4.78, 5) is 4.33. The molecule has 1 aromatic heterocycles. The van der Waals surface area contributed by atoms with Gasteiger partial charge in [-0.15, -0.1) is 0 Å². The van der Waals surface area contributed by atoms with Crippen molar-refractivity contribution in [3.05, 3.63) is 23.9 Å². The molecule has 1 heterocycles. The molecule has 2 rings (SSSR count). The van der Waals surface area contributed by atoms with E-state index in [0.29, 0.717) is 12.5 Å². The Balaban J connectivity index is 1.91. The van der Waals surface area contributed by atoms with E-state index in [-0.39, 0.29) is 0 Å². The van der Waals surface area contributed by atoms with E-state index in [1.807, 2.05) is 12.1 Å². The van der Waals surface area contributed by atoms with Crippen molar-refractivity contribution in [2.24, 2.45) is 0 Å². The van der Waals surface area contributed by atoms with Gasteiger partial charge in [-0.2, -0.15) is 5.26 Å². The molecular weight excluding hydrogens is 198 g/mol. The van der Waals surface area contributed by atoms with E-state index >= 15 is 0 Å². The Labute approximate surface area is 96.5 Å². The number of rotatable bonds is 3. The van der Waals surface area contributed by atoms with Crippen molar-refractivity contribution in [1.29, 1.82) is 5.26 Å². The van der Waals surface area contributed by atoms with E-state index in [4.69, 9.17) is 5.26 Å². The van der Waals surface area contributed by atoms with Crippen LogP contribution in [0.25, 0.3) is 0 Å². The highest BCUT2D eigenvalue weighted by molar-refractivity contribution is 5.37. The highest BCUT2D eigenvalue weighted by Gasteiger charge is 2.12. The minimum Gasteiger partial charge on any atom is -0.367 e. The van der Waals surface area contributed by atoms with Crippen LogP contribution < -0.4 is 5.32 Å². The van der Waals surface area contributed by atoms with Crippen molar-refractivity contribution < 1.29 is 0 Å². The predicted octanol–water partition coefficient (Wildman–Crippen LogP) is 2.89. The van der Waals surface area contributed by atoms with Crippen LogP contribution >= 0.6 is 0 Å². The molecule has 0 atom stereocenters. The number of aromatic nitrogens is 1. The average molecular weight is 215 g/mol. The number of nitriles is 1. The summed E-state index contributed by atoms with van der Waals surface area (Å²) in [7, 11) is 0. The standard InChI is InChI=1S/C13H17N3/c14-9-8-11-6-7-13(15-10-11)16-12-4-2-1-3-5-12/h6-7,10,12H,1-5,8H2,(H,15,16). The molecule has 1 aromatic rings. The van der Waals surface area contributed by atoms with E-state index in [9.17, 15) is 0 Å².